The number of carbonyl (C=O) groups is 1. The number of hydrogen-bond donors (Lipinski definition) is 2. The summed E-state index contributed by atoms with van der Waals surface area (Å²) in [6.07, 6.45) is 3.15. The predicted molar refractivity (Wildman–Crippen MR) is 91.2 cm³/mol. The van der Waals surface area contributed by atoms with Crippen LogP contribution in [-0.4, -0.2) is 24.7 Å². The molecular weight excluding hydrogens is 331 g/mol. The summed E-state index contributed by atoms with van der Waals surface area (Å²) in [4.78, 5) is 10.9. The number of nitrogens with one attached hydrogen (secondary N) is 2. The topological polar surface area (TPSA) is 50.4 Å². The fourth-order valence-electron chi connectivity index (χ4n) is 1.62. The van der Waals surface area contributed by atoms with Crippen molar-refractivity contribution in [2.24, 2.45) is 0 Å². The minimum Gasteiger partial charge on any atom is -0.469 e. The van der Waals surface area contributed by atoms with E-state index in [1.165, 1.54) is 7.11 Å². The van der Waals surface area contributed by atoms with Crippen LogP contribution in [0.25, 0.3) is 0 Å². The number of hydrogen-bond acceptors (Lipinski definition) is 3. The Morgan fingerprint density at radius 1 is 1.24 bits per heavy atom. The van der Waals surface area contributed by atoms with Gasteiger partial charge in [0.25, 0.3) is 0 Å². The molecule has 116 valence electrons. The second-order valence-electron chi connectivity index (χ2n) is 4.40. The highest BCUT2D eigenvalue weighted by molar-refractivity contribution is 7.80. The summed E-state index contributed by atoms with van der Waals surface area (Å²) in [5, 5.41) is 7.64. The molecule has 1 aromatic rings. The van der Waals surface area contributed by atoms with E-state index in [0.717, 1.165) is 31.5 Å². The number of halogens is 2. The van der Waals surface area contributed by atoms with E-state index in [1.807, 2.05) is 0 Å². The third-order valence-corrected chi connectivity index (χ3v) is 3.73. The lowest BCUT2D eigenvalue weighted by Crippen LogP contribution is -2.29. The Labute approximate surface area is 140 Å². The molecule has 0 spiro atoms. The van der Waals surface area contributed by atoms with E-state index in [0.29, 0.717) is 21.6 Å². The first-order valence-electron chi connectivity index (χ1n) is 6.59. The summed E-state index contributed by atoms with van der Waals surface area (Å²) in [6.45, 7) is 0.744. The van der Waals surface area contributed by atoms with Gasteiger partial charge in [-0.25, -0.2) is 0 Å². The first-order chi connectivity index (χ1) is 10.0. The first kappa shape index (κ1) is 18.0. The number of carbonyl (C=O) groups excluding carboxylic acids is 1. The molecule has 2 N–H and O–H groups in total. The average molecular weight is 349 g/mol. The summed E-state index contributed by atoms with van der Waals surface area (Å²) >= 11 is 16.9. The van der Waals surface area contributed by atoms with Crippen LogP contribution >= 0.6 is 35.4 Å². The molecule has 21 heavy (non-hydrogen) atoms. The van der Waals surface area contributed by atoms with E-state index in [-0.39, 0.29) is 5.97 Å². The van der Waals surface area contributed by atoms with Gasteiger partial charge in [-0.3, -0.25) is 4.79 Å². The smallest absolute Gasteiger partial charge is 0.305 e. The molecule has 0 aromatic heterocycles. The number of benzene rings is 1. The van der Waals surface area contributed by atoms with E-state index in [2.05, 4.69) is 15.4 Å². The van der Waals surface area contributed by atoms with Gasteiger partial charge in [0, 0.05) is 18.7 Å². The zero-order valence-electron chi connectivity index (χ0n) is 11.7. The fourth-order valence-corrected chi connectivity index (χ4v) is 2.14. The Morgan fingerprint density at radius 3 is 2.67 bits per heavy atom. The Kier molecular flexibility index (Phi) is 8.42. The van der Waals surface area contributed by atoms with Crippen molar-refractivity contribution in [3.63, 3.8) is 0 Å². The molecule has 0 aliphatic rings. The number of anilines is 1. The number of esters is 1. The lowest BCUT2D eigenvalue weighted by Gasteiger charge is -2.11. The summed E-state index contributed by atoms with van der Waals surface area (Å²) in [5.41, 5.74) is 0.785. The molecule has 4 nitrogen and oxygen atoms in total. The van der Waals surface area contributed by atoms with Crippen LogP contribution in [0.4, 0.5) is 5.69 Å². The highest BCUT2D eigenvalue weighted by Crippen LogP contribution is 2.24. The third kappa shape index (κ3) is 7.50. The van der Waals surface area contributed by atoms with Crippen molar-refractivity contribution in [2.75, 3.05) is 19.0 Å². The van der Waals surface area contributed by atoms with E-state index in [4.69, 9.17) is 35.4 Å². The summed E-state index contributed by atoms with van der Waals surface area (Å²) in [5.74, 6) is -0.167. The van der Waals surface area contributed by atoms with Crippen LogP contribution in [0.5, 0.6) is 0 Å². The molecule has 0 heterocycles. The molecule has 0 saturated carbocycles. The van der Waals surface area contributed by atoms with Gasteiger partial charge in [0.15, 0.2) is 5.11 Å². The van der Waals surface area contributed by atoms with Gasteiger partial charge < -0.3 is 15.4 Å². The van der Waals surface area contributed by atoms with Crippen molar-refractivity contribution in [1.29, 1.82) is 0 Å². The number of unbranched alkanes of at least 4 members (excludes halogenated alkanes) is 2. The van der Waals surface area contributed by atoms with Gasteiger partial charge in [-0.05, 0) is 43.3 Å². The third-order valence-electron chi connectivity index (χ3n) is 2.75. The molecule has 7 heteroatoms. The summed E-state index contributed by atoms with van der Waals surface area (Å²) in [7, 11) is 1.40. The predicted octanol–water partition coefficient (Wildman–Crippen LogP) is 4.01. The molecule has 0 radical (unpaired) electrons. The van der Waals surface area contributed by atoms with Crippen molar-refractivity contribution >= 4 is 52.2 Å². The van der Waals surface area contributed by atoms with Gasteiger partial charge in [-0.15, -0.1) is 0 Å². The standard InChI is InChI=1S/C14H18Cl2N2O2S/c1-20-13(19)5-3-2-4-8-17-14(21)18-10-6-7-11(15)12(16)9-10/h6-7,9H,2-5,8H2,1H3,(H2,17,18,21). The molecule has 0 saturated heterocycles. The Hall–Kier alpha value is -1.04. The maximum atomic E-state index is 10.9. The average Bonchev–Trinajstić information content (AvgIpc) is 2.46. The second kappa shape index (κ2) is 9.82. The number of thiocarbonyl (C=S) groups is 1. The Morgan fingerprint density at radius 2 is 2.00 bits per heavy atom. The van der Waals surface area contributed by atoms with Crippen LogP contribution in [-0.2, 0) is 9.53 Å². The molecule has 0 unspecified atom stereocenters. The van der Waals surface area contributed by atoms with Crippen molar-refractivity contribution in [3.05, 3.63) is 28.2 Å². The van der Waals surface area contributed by atoms with E-state index in [1.54, 1.807) is 18.2 Å². The minimum atomic E-state index is -0.167. The van der Waals surface area contributed by atoms with Crippen LogP contribution < -0.4 is 10.6 Å². The second-order valence-corrected chi connectivity index (χ2v) is 5.62. The Bertz CT molecular complexity index is 498. The molecular formula is C14H18Cl2N2O2S. The lowest BCUT2D eigenvalue weighted by molar-refractivity contribution is -0.140. The summed E-state index contributed by atoms with van der Waals surface area (Å²) < 4.78 is 4.57. The molecule has 0 fully saturated rings. The largest absolute Gasteiger partial charge is 0.469 e. The Balaban J connectivity index is 2.16. The highest BCUT2D eigenvalue weighted by Gasteiger charge is 2.02. The monoisotopic (exact) mass is 348 g/mol. The van der Waals surface area contributed by atoms with Crippen LogP contribution in [0.15, 0.2) is 18.2 Å². The van der Waals surface area contributed by atoms with Crippen molar-refractivity contribution in [3.8, 4) is 0 Å². The van der Waals surface area contributed by atoms with Crippen LogP contribution in [0, 0.1) is 0 Å². The molecule has 0 aliphatic carbocycles. The first-order valence-corrected chi connectivity index (χ1v) is 7.76. The molecule has 0 amide bonds. The van der Waals surface area contributed by atoms with Crippen molar-refractivity contribution in [2.45, 2.75) is 25.7 Å². The van der Waals surface area contributed by atoms with Gasteiger partial charge in [0.2, 0.25) is 0 Å². The molecule has 0 atom stereocenters. The maximum Gasteiger partial charge on any atom is 0.305 e. The zero-order chi connectivity index (χ0) is 15.7. The minimum absolute atomic E-state index is 0.167. The highest BCUT2D eigenvalue weighted by atomic mass is 35.5. The van der Waals surface area contributed by atoms with Gasteiger partial charge in [-0.1, -0.05) is 29.6 Å². The van der Waals surface area contributed by atoms with Crippen LogP contribution in [0.2, 0.25) is 10.0 Å². The van der Waals surface area contributed by atoms with Crippen molar-refractivity contribution < 1.29 is 9.53 Å². The van der Waals surface area contributed by atoms with Gasteiger partial charge in [-0.2, -0.15) is 0 Å². The maximum absolute atomic E-state index is 10.9. The number of methoxy groups -OCH3 is 1. The molecule has 1 rings (SSSR count). The summed E-state index contributed by atoms with van der Waals surface area (Å²) in [6, 6.07) is 5.23. The van der Waals surface area contributed by atoms with E-state index in [9.17, 15) is 4.79 Å². The van der Waals surface area contributed by atoms with Gasteiger partial charge >= 0.3 is 5.97 Å². The SMILES string of the molecule is COC(=O)CCCCCNC(=S)Nc1ccc(Cl)c(Cl)c1. The van der Waals surface area contributed by atoms with E-state index < -0.39 is 0 Å². The molecule has 0 bridgehead atoms. The van der Waals surface area contributed by atoms with Crippen LogP contribution in [0.3, 0.4) is 0 Å². The number of ether oxygens (including phenoxy) is 1. The zero-order valence-corrected chi connectivity index (χ0v) is 14.1. The fraction of sp³-hybridized carbons (Fsp3) is 0.429. The van der Waals surface area contributed by atoms with E-state index >= 15 is 0 Å². The van der Waals surface area contributed by atoms with Gasteiger partial charge in [0.1, 0.15) is 0 Å². The number of rotatable bonds is 7. The normalized spacial score (nSPS) is 10.0. The van der Waals surface area contributed by atoms with Gasteiger partial charge in [0.05, 0.1) is 17.2 Å². The van der Waals surface area contributed by atoms with Crippen molar-refractivity contribution in [1.82, 2.24) is 5.32 Å². The van der Waals surface area contributed by atoms with Crippen LogP contribution in [0.1, 0.15) is 25.7 Å². The molecule has 1 aromatic carbocycles. The molecule has 0 aliphatic heterocycles. The lowest BCUT2D eigenvalue weighted by atomic mass is 10.2. The quantitative estimate of drug-likeness (QED) is 0.442.